The van der Waals surface area contributed by atoms with Gasteiger partial charge in [-0.3, -0.25) is 0 Å². The van der Waals surface area contributed by atoms with E-state index in [1.54, 1.807) is 0 Å². The Kier molecular flexibility index (Phi) is 9.01. The molecule has 0 saturated heterocycles. The maximum Gasteiger partial charge on any atom is 0.208 e. The lowest BCUT2D eigenvalue weighted by Crippen LogP contribution is -1.97. The van der Waals surface area contributed by atoms with Crippen molar-refractivity contribution < 1.29 is 147 Å². The summed E-state index contributed by atoms with van der Waals surface area (Å²) in [5, 5.41) is 300. The molecular weight excluding hydrogens is 1020 g/mol. The van der Waals surface area contributed by atoms with Crippen LogP contribution in [0.5, 0.6) is 161 Å². The minimum absolute atomic E-state index is 1.03. The third-order valence-electron chi connectivity index (χ3n) is 12.9. The maximum absolute atomic E-state index is 12.3. The lowest BCUT2D eigenvalue weighted by atomic mass is 9.81. The van der Waals surface area contributed by atoms with E-state index in [1.807, 2.05) is 0 Å². The molecule has 10 rings (SSSR count). The molecule has 29 heteroatoms. The zero-order valence-corrected chi connectivity index (χ0v) is 35.9. The van der Waals surface area contributed by atoms with E-state index >= 15 is 0 Å². The average Bonchev–Trinajstić information content (AvgIpc) is 3.80. The largest absolute Gasteiger partial charge is 0.506 e. The van der Waals surface area contributed by atoms with Crippen LogP contribution in [0.1, 0.15) is 0 Å². The highest BCUT2D eigenvalue weighted by molar-refractivity contribution is 6.33. The SMILES string of the molecule is Oc1c(O)c(O)c(-c2c(O)c(O)c3c(O)c(-c4c5c(O)c(O)c(O)c(O)c5c(-c5c(O)c(O)c6oc7c(O)c8c(O)c(O)c(O)c(O)c8c(O)c7c6c5O)c5c(O)c(O)c(O)c(O)c45)c(O)c(O)c3c2O)c(O)c1O. The number of benzene rings is 9. The molecule has 29 nitrogen and oxygen atoms in total. The molecular formula is C46H28O29. The van der Waals surface area contributed by atoms with Gasteiger partial charge in [0, 0.05) is 32.7 Å². The van der Waals surface area contributed by atoms with Crippen molar-refractivity contribution in [1.29, 1.82) is 0 Å². The summed E-state index contributed by atoms with van der Waals surface area (Å²) in [6.45, 7) is 0. The predicted molar refractivity (Wildman–Crippen MR) is 247 cm³/mol. The van der Waals surface area contributed by atoms with Gasteiger partial charge in [0.05, 0.1) is 54.6 Å². The monoisotopic (exact) mass is 1040 g/mol. The fourth-order valence-electron chi connectivity index (χ4n) is 9.48. The van der Waals surface area contributed by atoms with Crippen LogP contribution in [0.2, 0.25) is 0 Å². The third kappa shape index (κ3) is 5.20. The topological polar surface area (TPSA) is 580 Å². The molecule has 0 atom stereocenters. The fourth-order valence-corrected chi connectivity index (χ4v) is 9.48. The molecule has 0 aliphatic carbocycles. The van der Waals surface area contributed by atoms with Gasteiger partial charge in [-0.2, -0.15) is 0 Å². The van der Waals surface area contributed by atoms with E-state index in [0.29, 0.717) is 0 Å². The molecule has 1 aromatic heterocycles. The zero-order chi connectivity index (χ0) is 55.3. The molecule has 10 aromatic rings. The van der Waals surface area contributed by atoms with Gasteiger partial charge < -0.3 is 147 Å². The Morgan fingerprint density at radius 3 is 0.667 bits per heavy atom. The van der Waals surface area contributed by atoms with Crippen molar-refractivity contribution in [2.75, 3.05) is 0 Å². The van der Waals surface area contributed by atoms with Crippen LogP contribution in [0.15, 0.2) is 4.42 Å². The number of furan rings is 1. The summed E-state index contributed by atoms with van der Waals surface area (Å²) in [6, 6.07) is 0. The number of hydrogen-bond acceptors (Lipinski definition) is 29. The smallest absolute Gasteiger partial charge is 0.208 e. The van der Waals surface area contributed by atoms with Gasteiger partial charge in [0.15, 0.2) is 91.7 Å². The lowest BCUT2D eigenvalue weighted by molar-refractivity contribution is 0.329. The Labute approximate surface area is 406 Å². The summed E-state index contributed by atoms with van der Waals surface area (Å²) in [5.74, 6) is -46.5. The van der Waals surface area contributed by atoms with Gasteiger partial charge in [-0.15, -0.1) is 0 Å². The molecule has 386 valence electrons. The van der Waals surface area contributed by atoms with E-state index in [0.717, 1.165) is 0 Å². The number of aromatic hydroxyl groups is 28. The lowest BCUT2D eigenvalue weighted by Gasteiger charge is -2.25. The van der Waals surface area contributed by atoms with Crippen molar-refractivity contribution in [3.63, 3.8) is 0 Å². The number of phenolic OH excluding ortho intramolecular Hbond substituents is 28. The number of fused-ring (bicyclic) bond motifs is 7. The number of phenols is 28. The van der Waals surface area contributed by atoms with E-state index in [9.17, 15) is 143 Å². The molecule has 75 heavy (non-hydrogen) atoms. The Morgan fingerprint density at radius 2 is 0.307 bits per heavy atom. The minimum Gasteiger partial charge on any atom is -0.506 e. The van der Waals surface area contributed by atoms with Crippen LogP contribution in [0, 0.1) is 0 Å². The molecule has 0 bridgehead atoms. The zero-order valence-electron chi connectivity index (χ0n) is 35.9. The first kappa shape index (κ1) is 46.9. The van der Waals surface area contributed by atoms with E-state index in [1.165, 1.54) is 0 Å². The highest BCUT2D eigenvalue weighted by Crippen LogP contribution is 2.70. The first-order chi connectivity index (χ1) is 35.0. The first-order valence-corrected chi connectivity index (χ1v) is 20.2. The van der Waals surface area contributed by atoms with E-state index in [2.05, 4.69) is 0 Å². The normalized spacial score (nSPS) is 11.9. The molecule has 0 spiro atoms. The van der Waals surface area contributed by atoms with Gasteiger partial charge in [0.1, 0.15) is 23.0 Å². The van der Waals surface area contributed by atoms with Crippen LogP contribution in [0.4, 0.5) is 0 Å². The molecule has 0 fully saturated rings. The van der Waals surface area contributed by atoms with E-state index in [4.69, 9.17) is 4.42 Å². The first-order valence-electron chi connectivity index (χ1n) is 20.2. The van der Waals surface area contributed by atoms with Gasteiger partial charge in [-0.05, 0) is 0 Å². The maximum atomic E-state index is 12.3. The molecule has 0 amide bonds. The van der Waals surface area contributed by atoms with Gasteiger partial charge in [-0.1, -0.05) is 0 Å². The van der Waals surface area contributed by atoms with Crippen molar-refractivity contribution in [2.24, 2.45) is 0 Å². The summed E-state index contributed by atoms with van der Waals surface area (Å²) in [6.07, 6.45) is 0. The third-order valence-corrected chi connectivity index (χ3v) is 12.9. The van der Waals surface area contributed by atoms with Crippen molar-refractivity contribution in [2.45, 2.75) is 0 Å². The summed E-state index contributed by atoms with van der Waals surface area (Å²) < 4.78 is 5.45. The Bertz CT molecular complexity index is 4330. The molecule has 0 radical (unpaired) electrons. The Balaban J connectivity index is 1.46. The van der Waals surface area contributed by atoms with Crippen molar-refractivity contribution in [3.05, 3.63) is 0 Å². The predicted octanol–water partition coefficient (Wildman–Crippen LogP) is 4.96. The molecule has 0 saturated carbocycles. The summed E-state index contributed by atoms with van der Waals surface area (Å²) in [7, 11) is 0. The van der Waals surface area contributed by atoms with Crippen LogP contribution in [-0.4, -0.2) is 143 Å². The van der Waals surface area contributed by atoms with Gasteiger partial charge >= 0.3 is 0 Å². The summed E-state index contributed by atoms with van der Waals surface area (Å²) >= 11 is 0. The summed E-state index contributed by atoms with van der Waals surface area (Å²) in [5.41, 5.74) is -11.0. The molecule has 1 heterocycles. The highest BCUT2D eigenvalue weighted by Gasteiger charge is 2.41. The highest BCUT2D eigenvalue weighted by atomic mass is 16.4. The quantitative estimate of drug-likeness (QED) is 0.0631. The molecule has 9 aromatic carbocycles. The number of rotatable bonds is 3. The second kappa shape index (κ2) is 14.4. The van der Waals surface area contributed by atoms with Crippen LogP contribution in [-0.2, 0) is 0 Å². The van der Waals surface area contributed by atoms with Gasteiger partial charge in [0.2, 0.25) is 57.5 Å². The van der Waals surface area contributed by atoms with Crippen LogP contribution in [0.25, 0.3) is 98.4 Å². The second-order valence-electron chi connectivity index (χ2n) is 16.5. The van der Waals surface area contributed by atoms with Crippen LogP contribution >= 0.6 is 0 Å². The van der Waals surface area contributed by atoms with Gasteiger partial charge in [0.25, 0.3) is 0 Å². The van der Waals surface area contributed by atoms with Crippen molar-refractivity contribution in [1.82, 2.24) is 0 Å². The van der Waals surface area contributed by atoms with E-state index < -0.39 is 259 Å². The average molecular weight is 1040 g/mol. The fraction of sp³-hybridized carbons (Fsp3) is 0. The summed E-state index contributed by atoms with van der Waals surface area (Å²) in [4.78, 5) is 0. The van der Waals surface area contributed by atoms with E-state index in [-0.39, 0.29) is 0 Å². The Morgan fingerprint density at radius 1 is 0.120 bits per heavy atom. The second-order valence-corrected chi connectivity index (χ2v) is 16.5. The Hall–Kier alpha value is -11.8. The van der Waals surface area contributed by atoms with Crippen molar-refractivity contribution >= 4 is 65.0 Å². The molecule has 0 unspecified atom stereocenters. The van der Waals surface area contributed by atoms with Gasteiger partial charge in [-0.25, -0.2) is 0 Å². The number of hydrogen-bond donors (Lipinski definition) is 28. The molecule has 28 N–H and O–H groups in total. The van der Waals surface area contributed by atoms with Crippen LogP contribution in [0.3, 0.4) is 0 Å². The molecule has 0 aliphatic rings. The minimum atomic E-state index is -1.87. The molecule has 0 aliphatic heterocycles. The van der Waals surface area contributed by atoms with Crippen LogP contribution < -0.4 is 0 Å². The van der Waals surface area contributed by atoms with Crippen molar-refractivity contribution in [3.8, 4) is 194 Å². The standard InChI is InChI=1S/C46H28O29/c47-17-7(25(55)26(56)10-9(17)27(57)28(58)11(18(10)48)13-30(60)41(71)43(73)42(72)31(13)61)1-3-5(23(53)37(67)35(65)21(3)51)2(6-4(1)22(52)36(66)38(68)24(6)54)8-19(49)16-15-20(50)12-14(32(62)40(70)39(69)29(12)59)34(64)45(15)75-46(16)44(74)33(8)63/h47-74H.